The van der Waals surface area contributed by atoms with Crippen molar-refractivity contribution in [1.29, 1.82) is 0 Å². The van der Waals surface area contributed by atoms with Crippen LogP contribution in [0.2, 0.25) is 0 Å². The molecule has 0 spiro atoms. The van der Waals surface area contributed by atoms with Gasteiger partial charge in [-0.3, -0.25) is 20.4 Å². The number of para-hydroxylation sites is 2. The molecule has 0 unspecified atom stereocenters. The average molecular weight is 370 g/mol. The minimum Gasteiger partial charge on any atom is -0.287 e. The molecule has 0 aliphatic rings. The molecule has 6 nitrogen and oxygen atoms in total. The summed E-state index contributed by atoms with van der Waals surface area (Å²) in [5.41, 5.74) is 8.02. The van der Waals surface area contributed by atoms with Gasteiger partial charge >= 0.3 is 0 Å². The summed E-state index contributed by atoms with van der Waals surface area (Å²) >= 11 is 0. The van der Waals surface area contributed by atoms with Crippen molar-refractivity contribution < 1.29 is 9.59 Å². The van der Waals surface area contributed by atoms with Crippen molar-refractivity contribution in [2.45, 2.75) is 0 Å². The molecule has 0 aliphatic heterocycles. The molecule has 2 N–H and O–H groups in total. The van der Waals surface area contributed by atoms with E-state index in [1.54, 1.807) is 24.3 Å². The number of hydrazone groups is 2. The Balaban J connectivity index is 1.54. The molecule has 0 heterocycles. The van der Waals surface area contributed by atoms with Crippen LogP contribution in [0, 0.1) is 0 Å². The molecule has 0 fully saturated rings. The first-order valence-electron chi connectivity index (χ1n) is 8.59. The summed E-state index contributed by atoms with van der Waals surface area (Å²) in [4.78, 5) is 24.3. The van der Waals surface area contributed by atoms with Crippen molar-refractivity contribution in [3.63, 3.8) is 0 Å². The van der Waals surface area contributed by atoms with Gasteiger partial charge in [-0.1, -0.05) is 60.7 Å². The van der Waals surface area contributed by atoms with Gasteiger partial charge < -0.3 is 0 Å². The van der Waals surface area contributed by atoms with E-state index in [9.17, 15) is 9.59 Å². The summed E-state index contributed by atoms with van der Waals surface area (Å²) in [6.07, 6.45) is 2.41. The Bertz CT molecular complexity index is 900. The normalized spacial score (nSPS) is 10.9. The third-order valence-electron chi connectivity index (χ3n) is 3.75. The average Bonchev–Trinajstić information content (AvgIpc) is 2.75. The molecule has 3 aromatic carbocycles. The molecular formula is C22H18N4O2. The van der Waals surface area contributed by atoms with Crippen molar-refractivity contribution in [3.05, 3.63) is 96.1 Å². The number of nitrogens with zero attached hydrogens (tertiary/aromatic N) is 2. The van der Waals surface area contributed by atoms with Gasteiger partial charge in [0.25, 0.3) is 0 Å². The second-order valence-electron chi connectivity index (χ2n) is 5.78. The number of carbonyl (C=O) groups excluding carboxylic acids is 2. The molecule has 138 valence electrons. The van der Waals surface area contributed by atoms with Crippen molar-refractivity contribution >= 4 is 35.4 Å². The lowest BCUT2D eigenvalue weighted by Gasteiger charge is -2.00. The maximum absolute atomic E-state index is 12.1. The van der Waals surface area contributed by atoms with Crippen LogP contribution in [0.4, 0.5) is 11.4 Å². The molecule has 0 saturated carbocycles. The molecule has 0 aromatic heterocycles. The first-order chi connectivity index (χ1) is 13.7. The fourth-order valence-electron chi connectivity index (χ4n) is 2.30. The van der Waals surface area contributed by atoms with Crippen molar-refractivity contribution in [2.75, 3.05) is 10.9 Å². The van der Waals surface area contributed by atoms with E-state index < -0.39 is 0 Å². The maximum Gasteiger partial charge on any atom is 0.205 e. The Morgan fingerprint density at radius 3 is 1.29 bits per heavy atom. The fourth-order valence-corrected chi connectivity index (χ4v) is 2.30. The highest BCUT2D eigenvalue weighted by molar-refractivity contribution is 6.37. The second-order valence-corrected chi connectivity index (χ2v) is 5.78. The Labute approximate surface area is 162 Å². The molecule has 3 aromatic rings. The number of benzene rings is 3. The summed E-state index contributed by atoms with van der Waals surface area (Å²) in [6.45, 7) is 0. The van der Waals surface area contributed by atoms with E-state index in [1.165, 1.54) is 12.4 Å². The van der Waals surface area contributed by atoms with Crippen LogP contribution in [0.3, 0.4) is 0 Å². The van der Waals surface area contributed by atoms with Crippen LogP contribution in [0.15, 0.2) is 95.1 Å². The van der Waals surface area contributed by atoms with Crippen LogP contribution in [0.1, 0.15) is 20.7 Å². The van der Waals surface area contributed by atoms with Crippen LogP contribution >= 0.6 is 0 Å². The molecule has 6 heteroatoms. The smallest absolute Gasteiger partial charge is 0.205 e. The minimum atomic E-state index is -0.262. The SMILES string of the molecule is O=C(C=NNc1ccccc1)c1ccc(C(=O)C=NNc2ccccc2)cc1. The molecule has 0 aliphatic carbocycles. The zero-order chi connectivity index (χ0) is 19.6. The number of hydrogen-bond acceptors (Lipinski definition) is 6. The largest absolute Gasteiger partial charge is 0.287 e. The minimum absolute atomic E-state index is 0.262. The standard InChI is InChI=1S/C22H18N4O2/c27-21(15-23-25-19-7-3-1-4-8-19)17-11-13-18(14-12-17)22(28)16-24-26-20-9-5-2-6-10-20/h1-16,25-26H. The third-order valence-corrected chi connectivity index (χ3v) is 3.75. The van der Waals surface area contributed by atoms with Gasteiger partial charge in [-0.05, 0) is 24.3 Å². The fraction of sp³-hybridized carbons (Fsp3) is 0. The van der Waals surface area contributed by atoms with Gasteiger partial charge in [0.05, 0.1) is 23.8 Å². The van der Waals surface area contributed by atoms with E-state index in [2.05, 4.69) is 21.1 Å². The number of rotatable bonds is 8. The Morgan fingerprint density at radius 1 is 0.571 bits per heavy atom. The van der Waals surface area contributed by atoms with E-state index in [4.69, 9.17) is 0 Å². The van der Waals surface area contributed by atoms with Crippen LogP contribution in [0.25, 0.3) is 0 Å². The van der Waals surface area contributed by atoms with Crippen LogP contribution in [0.5, 0.6) is 0 Å². The number of hydrogen-bond donors (Lipinski definition) is 2. The van der Waals surface area contributed by atoms with E-state index >= 15 is 0 Å². The van der Waals surface area contributed by atoms with E-state index in [1.807, 2.05) is 60.7 Å². The van der Waals surface area contributed by atoms with Gasteiger partial charge in [0.15, 0.2) is 0 Å². The summed E-state index contributed by atoms with van der Waals surface area (Å²) in [7, 11) is 0. The highest BCUT2D eigenvalue weighted by Gasteiger charge is 2.06. The molecule has 0 amide bonds. The molecule has 28 heavy (non-hydrogen) atoms. The maximum atomic E-state index is 12.1. The second kappa shape index (κ2) is 9.59. The monoisotopic (exact) mass is 370 g/mol. The topological polar surface area (TPSA) is 82.9 Å². The predicted octanol–water partition coefficient (Wildman–Crippen LogP) is 4.25. The number of carbonyl (C=O) groups is 2. The van der Waals surface area contributed by atoms with Crippen molar-refractivity contribution in [1.82, 2.24) is 0 Å². The van der Waals surface area contributed by atoms with E-state index in [0.29, 0.717) is 11.1 Å². The Hall–Kier alpha value is -4.06. The summed E-state index contributed by atoms with van der Waals surface area (Å²) in [5, 5.41) is 7.85. The van der Waals surface area contributed by atoms with Gasteiger partial charge in [0.1, 0.15) is 0 Å². The molecule has 0 radical (unpaired) electrons. The van der Waals surface area contributed by atoms with Crippen molar-refractivity contribution in [3.8, 4) is 0 Å². The lowest BCUT2D eigenvalue weighted by atomic mass is 10.1. The number of ketones is 2. The molecule has 0 bridgehead atoms. The zero-order valence-electron chi connectivity index (χ0n) is 14.9. The lowest BCUT2D eigenvalue weighted by Crippen LogP contribution is -2.05. The Morgan fingerprint density at radius 2 is 0.929 bits per heavy atom. The van der Waals surface area contributed by atoms with Crippen LogP contribution < -0.4 is 10.9 Å². The molecule has 3 rings (SSSR count). The third kappa shape index (κ3) is 5.47. The predicted molar refractivity (Wildman–Crippen MR) is 112 cm³/mol. The molecular weight excluding hydrogens is 352 g/mol. The highest BCUT2D eigenvalue weighted by atomic mass is 16.1. The number of nitrogens with one attached hydrogen (secondary N) is 2. The summed E-state index contributed by atoms with van der Waals surface area (Å²) in [6, 6.07) is 25.0. The van der Waals surface area contributed by atoms with Crippen LogP contribution in [-0.2, 0) is 0 Å². The highest BCUT2D eigenvalue weighted by Crippen LogP contribution is 2.07. The van der Waals surface area contributed by atoms with Gasteiger partial charge in [-0.15, -0.1) is 0 Å². The van der Waals surface area contributed by atoms with E-state index in [-0.39, 0.29) is 11.6 Å². The lowest BCUT2D eigenvalue weighted by molar-refractivity contribution is 0.106. The first-order valence-corrected chi connectivity index (χ1v) is 8.59. The number of anilines is 2. The van der Waals surface area contributed by atoms with Crippen molar-refractivity contribution in [2.24, 2.45) is 10.2 Å². The Kier molecular flexibility index (Phi) is 6.41. The first kappa shape index (κ1) is 18.7. The zero-order valence-corrected chi connectivity index (χ0v) is 14.9. The molecule has 0 saturated heterocycles. The van der Waals surface area contributed by atoms with Crippen LogP contribution in [-0.4, -0.2) is 24.0 Å². The quantitative estimate of drug-likeness (QED) is 0.353. The summed E-state index contributed by atoms with van der Waals surface area (Å²) < 4.78 is 0. The van der Waals surface area contributed by atoms with Gasteiger partial charge in [0, 0.05) is 11.1 Å². The van der Waals surface area contributed by atoms with Gasteiger partial charge in [0.2, 0.25) is 11.6 Å². The van der Waals surface area contributed by atoms with E-state index in [0.717, 1.165) is 11.4 Å². The van der Waals surface area contributed by atoms with Gasteiger partial charge in [-0.25, -0.2) is 0 Å². The van der Waals surface area contributed by atoms with Gasteiger partial charge in [-0.2, -0.15) is 10.2 Å². The summed E-state index contributed by atoms with van der Waals surface area (Å²) in [5.74, 6) is -0.524. The molecule has 0 atom stereocenters. The number of Topliss-reactive ketones (excluding diaryl/α,β-unsaturated/α-hetero) is 2.